The highest BCUT2D eigenvalue weighted by molar-refractivity contribution is 5.92. The quantitative estimate of drug-likeness (QED) is 0.269. The number of ether oxygens (including phenoxy) is 2. The number of aliphatic hydroxyl groups excluding tert-OH is 1. The van der Waals surface area contributed by atoms with E-state index in [2.05, 4.69) is 13.8 Å². The molecule has 220 valence electrons. The average molecular weight is 549 g/mol. The molecule has 2 aliphatic heterocycles. The van der Waals surface area contributed by atoms with Gasteiger partial charge in [-0.3, -0.25) is 4.79 Å². The molecule has 8 unspecified atom stereocenters. The van der Waals surface area contributed by atoms with E-state index in [1.165, 1.54) is 6.07 Å². The molecule has 4 N–H and O–H groups in total. The third-order valence-corrected chi connectivity index (χ3v) is 9.37. The SMILES string of the molecule is CCC(C(=O)CC(O)CCCc1cccc(O)c1C(=O)O)C1OC(CC)(C2CCC(O)(CC)C(C)O2)CC1C. The molecule has 2 saturated heterocycles. The molecule has 3 rings (SSSR count). The van der Waals surface area contributed by atoms with Crippen LogP contribution in [0.4, 0.5) is 0 Å². The lowest BCUT2D eigenvalue weighted by Crippen LogP contribution is -2.55. The minimum atomic E-state index is -1.19. The highest BCUT2D eigenvalue weighted by Gasteiger charge is 2.54. The van der Waals surface area contributed by atoms with Crippen molar-refractivity contribution in [2.24, 2.45) is 11.8 Å². The molecule has 39 heavy (non-hydrogen) atoms. The molecule has 1 aromatic rings. The lowest BCUT2D eigenvalue weighted by atomic mass is 9.77. The molecule has 8 nitrogen and oxygen atoms in total. The number of carboxylic acids is 1. The van der Waals surface area contributed by atoms with Crippen LogP contribution in [0.5, 0.6) is 5.75 Å². The van der Waals surface area contributed by atoms with Crippen LogP contribution in [-0.2, 0) is 20.7 Å². The number of carboxylic acid groups (broad SMARTS) is 1. The number of phenols is 1. The lowest BCUT2D eigenvalue weighted by molar-refractivity contribution is -0.229. The van der Waals surface area contributed by atoms with Gasteiger partial charge >= 0.3 is 5.97 Å². The molecule has 2 heterocycles. The van der Waals surface area contributed by atoms with Gasteiger partial charge in [-0.05, 0) is 82.3 Å². The summed E-state index contributed by atoms with van der Waals surface area (Å²) in [5, 5.41) is 40.8. The maximum Gasteiger partial charge on any atom is 0.339 e. The summed E-state index contributed by atoms with van der Waals surface area (Å²) in [5.41, 5.74) is -0.920. The Kier molecular flexibility index (Phi) is 10.6. The fraction of sp³-hybridized carbons (Fsp3) is 0.742. The van der Waals surface area contributed by atoms with E-state index in [9.17, 15) is 30.0 Å². The zero-order valence-electron chi connectivity index (χ0n) is 24.2. The Labute approximate surface area is 232 Å². The van der Waals surface area contributed by atoms with Gasteiger partial charge in [-0.15, -0.1) is 0 Å². The zero-order chi connectivity index (χ0) is 29.0. The Morgan fingerprint density at radius 1 is 1.15 bits per heavy atom. The number of hydrogen-bond acceptors (Lipinski definition) is 7. The molecule has 2 aliphatic rings. The molecule has 0 amide bonds. The van der Waals surface area contributed by atoms with Gasteiger partial charge in [-0.2, -0.15) is 0 Å². The van der Waals surface area contributed by atoms with Crippen molar-refractivity contribution in [1.29, 1.82) is 0 Å². The Balaban J connectivity index is 1.59. The molecule has 1 aromatic carbocycles. The van der Waals surface area contributed by atoms with Crippen molar-refractivity contribution in [3.05, 3.63) is 29.3 Å². The molecule has 8 heteroatoms. The number of rotatable bonds is 13. The van der Waals surface area contributed by atoms with Crippen molar-refractivity contribution < 1.29 is 39.5 Å². The van der Waals surface area contributed by atoms with Gasteiger partial charge in [0.25, 0.3) is 0 Å². The molecule has 0 aromatic heterocycles. The molecule has 0 aliphatic carbocycles. The number of aliphatic hydroxyl groups is 2. The largest absolute Gasteiger partial charge is 0.507 e. The first-order valence-corrected chi connectivity index (χ1v) is 14.7. The van der Waals surface area contributed by atoms with Gasteiger partial charge in [0.1, 0.15) is 17.1 Å². The van der Waals surface area contributed by atoms with Crippen LogP contribution < -0.4 is 0 Å². The summed E-state index contributed by atoms with van der Waals surface area (Å²) in [4.78, 5) is 24.9. The molecule has 8 atom stereocenters. The predicted molar refractivity (Wildman–Crippen MR) is 148 cm³/mol. The first-order valence-electron chi connectivity index (χ1n) is 14.7. The number of Topliss-reactive ketones (excluding diaryl/α,β-unsaturated/α-hetero) is 1. The Bertz CT molecular complexity index is 995. The van der Waals surface area contributed by atoms with Gasteiger partial charge in [0.05, 0.1) is 35.6 Å². The van der Waals surface area contributed by atoms with E-state index < -0.39 is 23.3 Å². The van der Waals surface area contributed by atoms with Gasteiger partial charge in [0, 0.05) is 12.3 Å². The van der Waals surface area contributed by atoms with Crippen LogP contribution in [-0.4, -0.2) is 67.8 Å². The van der Waals surface area contributed by atoms with Gasteiger partial charge in [0.2, 0.25) is 0 Å². The van der Waals surface area contributed by atoms with E-state index in [4.69, 9.17) is 9.47 Å². The fourth-order valence-corrected chi connectivity index (χ4v) is 6.81. The van der Waals surface area contributed by atoms with Crippen LogP contribution in [0.2, 0.25) is 0 Å². The van der Waals surface area contributed by atoms with Gasteiger partial charge < -0.3 is 29.9 Å². The van der Waals surface area contributed by atoms with Gasteiger partial charge in [0.15, 0.2) is 0 Å². The summed E-state index contributed by atoms with van der Waals surface area (Å²) < 4.78 is 13.1. The van der Waals surface area contributed by atoms with Crippen molar-refractivity contribution in [1.82, 2.24) is 0 Å². The van der Waals surface area contributed by atoms with E-state index in [1.807, 2.05) is 20.8 Å². The number of carbonyl (C=O) groups excluding carboxylic acids is 1. The minimum absolute atomic E-state index is 0.0179. The Hall–Kier alpha value is -2.00. The second kappa shape index (κ2) is 13.1. The van der Waals surface area contributed by atoms with Crippen molar-refractivity contribution in [2.75, 3.05) is 0 Å². The lowest BCUT2D eigenvalue weighted by Gasteiger charge is -2.47. The number of aromatic hydroxyl groups is 1. The Morgan fingerprint density at radius 3 is 2.46 bits per heavy atom. The van der Waals surface area contributed by atoms with Crippen molar-refractivity contribution in [3.8, 4) is 5.75 Å². The van der Waals surface area contributed by atoms with E-state index >= 15 is 0 Å². The maximum atomic E-state index is 13.4. The second-order valence-electron chi connectivity index (χ2n) is 11.8. The normalized spacial score (nSPS) is 32.6. The molecule has 0 saturated carbocycles. The summed E-state index contributed by atoms with van der Waals surface area (Å²) in [6.45, 7) is 10.1. The zero-order valence-corrected chi connectivity index (χ0v) is 24.2. The first kappa shape index (κ1) is 31.5. The van der Waals surface area contributed by atoms with Crippen molar-refractivity contribution in [3.63, 3.8) is 0 Å². The van der Waals surface area contributed by atoms with Crippen LogP contribution >= 0.6 is 0 Å². The Morgan fingerprint density at radius 2 is 1.87 bits per heavy atom. The third kappa shape index (κ3) is 6.84. The maximum absolute atomic E-state index is 13.4. The summed E-state index contributed by atoms with van der Waals surface area (Å²) in [5.74, 6) is -1.66. The number of carbonyl (C=O) groups is 2. The number of ketones is 1. The van der Waals surface area contributed by atoms with Crippen LogP contribution in [0, 0.1) is 11.8 Å². The van der Waals surface area contributed by atoms with Crippen LogP contribution in [0.25, 0.3) is 0 Å². The molecule has 0 radical (unpaired) electrons. The third-order valence-electron chi connectivity index (χ3n) is 9.37. The molecule has 0 spiro atoms. The molecular formula is C31H48O8. The number of benzene rings is 1. The highest BCUT2D eigenvalue weighted by atomic mass is 16.6. The number of aryl methyl sites for hydroxylation is 1. The highest BCUT2D eigenvalue weighted by Crippen LogP contribution is 2.48. The second-order valence-corrected chi connectivity index (χ2v) is 11.8. The van der Waals surface area contributed by atoms with Crippen LogP contribution in [0.1, 0.15) is 108 Å². The smallest absolute Gasteiger partial charge is 0.339 e. The topological polar surface area (TPSA) is 134 Å². The predicted octanol–water partition coefficient (Wildman–Crippen LogP) is 5.04. The monoisotopic (exact) mass is 548 g/mol. The van der Waals surface area contributed by atoms with Crippen LogP contribution in [0.3, 0.4) is 0 Å². The average Bonchev–Trinajstić information content (AvgIpc) is 3.23. The summed E-state index contributed by atoms with van der Waals surface area (Å²) in [6.07, 6.45) is 3.93. The van der Waals surface area contributed by atoms with E-state index in [0.29, 0.717) is 50.5 Å². The van der Waals surface area contributed by atoms with Crippen LogP contribution in [0.15, 0.2) is 18.2 Å². The first-order chi connectivity index (χ1) is 18.4. The summed E-state index contributed by atoms with van der Waals surface area (Å²) >= 11 is 0. The summed E-state index contributed by atoms with van der Waals surface area (Å²) in [7, 11) is 0. The van der Waals surface area contributed by atoms with Crippen molar-refractivity contribution >= 4 is 11.8 Å². The number of hydrogen-bond donors (Lipinski definition) is 4. The molecule has 0 bridgehead atoms. The molecular weight excluding hydrogens is 500 g/mol. The summed E-state index contributed by atoms with van der Waals surface area (Å²) in [6, 6.07) is 4.60. The number of aromatic carboxylic acids is 1. The standard InChI is InChI=1S/C31H48O8/c1-6-23(25(34)17-22(32)13-9-11-21-12-10-14-24(33)27(21)29(35)36)28-19(4)18-31(8-3,39-28)26-15-16-30(37,7-2)20(5)38-26/h10,12,14,19-20,22-23,26,28,32-33,37H,6-9,11,13,15-18H2,1-5H3,(H,35,36). The van der Waals surface area contributed by atoms with E-state index in [-0.39, 0.29) is 53.7 Å². The van der Waals surface area contributed by atoms with E-state index in [0.717, 1.165) is 12.8 Å². The van der Waals surface area contributed by atoms with Gasteiger partial charge in [-0.25, -0.2) is 4.79 Å². The van der Waals surface area contributed by atoms with Gasteiger partial charge in [-0.1, -0.05) is 39.8 Å². The minimum Gasteiger partial charge on any atom is -0.507 e. The molecule has 2 fully saturated rings. The van der Waals surface area contributed by atoms with E-state index in [1.54, 1.807) is 12.1 Å². The fourth-order valence-electron chi connectivity index (χ4n) is 6.81. The van der Waals surface area contributed by atoms with Crippen molar-refractivity contribution in [2.45, 2.75) is 134 Å².